The Hall–Kier alpha value is -1.78. The van der Waals surface area contributed by atoms with Crippen LogP contribution in [0.25, 0.3) is 6.08 Å². The molecule has 2 aromatic carbocycles. The third kappa shape index (κ3) is 4.86. The fraction of sp³-hybridized carbons (Fsp3) is 0.250. The Labute approximate surface area is 160 Å². The highest BCUT2D eigenvalue weighted by molar-refractivity contribution is 9.10. The van der Waals surface area contributed by atoms with Crippen molar-refractivity contribution in [2.75, 3.05) is 7.11 Å². The van der Waals surface area contributed by atoms with Crippen LogP contribution in [0.4, 0.5) is 0 Å². The molecular formula is C20H18BrClO3. The van der Waals surface area contributed by atoms with Crippen molar-refractivity contribution in [3.63, 3.8) is 0 Å². The number of rotatable bonds is 7. The molecule has 0 atom stereocenters. The largest absolute Gasteiger partial charge is 0.496 e. The highest BCUT2D eigenvalue weighted by Crippen LogP contribution is 2.31. The number of carbonyl (C=O) groups excluding carboxylic acids is 1. The summed E-state index contributed by atoms with van der Waals surface area (Å²) in [4.78, 5) is 11.8. The topological polar surface area (TPSA) is 35.5 Å². The van der Waals surface area contributed by atoms with E-state index in [0.717, 1.165) is 34.2 Å². The van der Waals surface area contributed by atoms with Crippen LogP contribution in [-0.4, -0.2) is 12.9 Å². The van der Waals surface area contributed by atoms with Gasteiger partial charge in [0.05, 0.1) is 12.1 Å². The van der Waals surface area contributed by atoms with E-state index in [1.54, 1.807) is 19.3 Å². The summed E-state index contributed by atoms with van der Waals surface area (Å²) in [6.07, 6.45) is 5.53. The van der Waals surface area contributed by atoms with Crippen molar-refractivity contribution in [3.05, 3.63) is 63.1 Å². The molecule has 0 N–H and O–H groups in total. The van der Waals surface area contributed by atoms with Gasteiger partial charge in [-0.05, 0) is 54.8 Å². The molecule has 5 heteroatoms. The smallest absolute Gasteiger partial charge is 0.158 e. The van der Waals surface area contributed by atoms with Gasteiger partial charge in [-0.15, -0.1) is 0 Å². The van der Waals surface area contributed by atoms with E-state index in [4.69, 9.17) is 21.1 Å². The highest BCUT2D eigenvalue weighted by atomic mass is 79.9. The van der Waals surface area contributed by atoms with E-state index in [2.05, 4.69) is 15.9 Å². The van der Waals surface area contributed by atoms with Crippen LogP contribution in [0.3, 0.4) is 0 Å². The Kier molecular flexibility index (Phi) is 5.82. The summed E-state index contributed by atoms with van der Waals surface area (Å²) in [5.41, 5.74) is 1.83. The molecule has 130 valence electrons. The fourth-order valence-corrected chi connectivity index (χ4v) is 3.17. The van der Waals surface area contributed by atoms with Gasteiger partial charge in [-0.3, -0.25) is 4.79 Å². The normalized spacial score (nSPS) is 13.9. The van der Waals surface area contributed by atoms with Crippen LogP contribution in [0.5, 0.6) is 11.5 Å². The minimum absolute atomic E-state index is 0.204. The second-order valence-corrected chi connectivity index (χ2v) is 7.27. The van der Waals surface area contributed by atoms with Gasteiger partial charge in [-0.1, -0.05) is 39.7 Å². The van der Waals surface area contributed by atoms with Crippen LogP contribution in [-0.2, 0) is 11.4 Å². The summed E-state index contributed by atoms with van der Waals surface area (Å²) in [7, 11) is 1.62. The molecule has 1 saturated carbocycles. The molecule has 0 bridgehead atoms. The summed E-state index contributed by atoms with van der Waals surface area (Å²) in [5, 5.41) is 0.541. The van der Waals surface area contributed by atoms with Gasteiger partial charge in [0.1, 0.15) is 18.1 Å². The summed E-state index contributed by atoms with van der Waals surface area (Å²) in [6, 6.07) is 11.2. The van der Waals surface area contributed by atoms with Crippen molar-refractivity contribution in [1.82, 2.24) is 0 Å². The molecule has 1 aliphatic rings. The molecule has 0 spiro atoms. The van der Waals surface area contributed by atoms with E-state index in [9.17, 15) is 4.79 Å². The number of halogens is 2. The predicted molar refractivity (Wildman–Crippen MR) is 103 cm³/mol. The maximum Gasteiger partial charge on any atom is 0.158 e. The van der Waals surface area contributed by atoms with Crippen LogP contribution < -0.4 is 9.47 Å². The van der Waals surface area contributed by atoms with Crippen molar-refractivity contribution >= 4 is 39.4 Å². The van der Waals surface area contributed by atoms with E-state index in [-0.39, 0.29) is 11.7 Å². The van der Waals surface area contributed by atoms with Crippen molar-refractivity contribution in [2.45, 2.75) is 19.4 Å². The number of benzene rings is 2. The van der Waals surface area contributed by atoms with E-state index >= 15 is 0 Å². The number of ether oxygens (including phenoxy) is 2. The SMILES string of the molecule is COc1ccc(/C=C/C(=O)C2CC2)cc1COc1ccc(Br)cc1Cl. The molecule has 2 aromatic rings. The zero-order valence-corrected chi connectivity index (χ0v) is 16.1. The van der Waals surface area contributed by atoms with Crippen LogP contribution in [0, 0.1) is 5.92 Å². The van der Waals surface area contributed by atoms with Gasteiger partial charge in [-0.25, -0.2) is 0 Å². The Morgan fingerprint density at radius 1 is 1.24 bits per heavy atom. The summed E-state index contributed by atoms with van der Waals surface area (Å²) in [6.45, 7) is 0.322. The van der Waals surface area contributed by atoms with Gasteiger partial charge in [0.15, 0.2) is 5.78 Å². The molecular weight excluding hydrogens is 404 g/mol. The Morgan fingerprint density at radius 3 is 2.68 bits per heavy atom. The molecule has 0 unspecified atom stereocenters. The molecule has 0 amide bonds. The predicted octanol–water partition coefficient (Wildman–Crippen LogP) is 5.68. The van der Waals surface area contributed by atoms with Gasteiger partial charge in [0, 0.05) is 16.0 Å². The standard InChI is InChI=1S/C20H18BrClO3/c1-24-19-8-3-13(2-7-18(23)14-4-5-14)10-15(19)12-25-20-9-6-16(21)11-17(20)22/h2-3,6-11,14H,4-5,12H2,1H3/b7-2+. The minimum atomic E-state index is 0.204. The zero-order chi connectivity index (χ0) is 17.8. The Balaban J connectivity index is 1.74. The number of carbonyl (C=O) groups is 1. The average molecular weight is 422 g/mol. The monoisotopic (exact) mass is 420 g/mol. The van der Waals surface area contributed by atoms with Gasteiger partial charge in [-0.2, -0.15) is 0 Å². The molecule has 25 heavy (non-hydrogen) atoms. The number of ketones is 1. The second-order valence-electron chi connectivity index (χ2n) is 5.94. The van der Waals surface area contributed by atoms with Crippen molar-refractivity contribution < 1.29 is 14.3 Å². The van der Waals surface area contributed by atoms with Crippen LogP contribution >= 0.6 is 27.5 Å². The fourth-order valence-electron chi connectivity index (χ4n) is 2.45. The first-order valence-electron chi connectivity index (χ1n) is 8.03. The molecule has 1 aliphatic carbocycles. The maximum absolute atomic E-state index is 11.8. The molecule has 3 nitrogen and oxygen atoms in total. The Morgan fingerprint density at radius 2 is 2.00 bits per heavy atom. The maximum atomic E-state index is 11.8. The van der Waals surface area contributed by atoms with Crippen molar-refractivity contribution in [2.24, 2.45) is 5.92 Å². The second kappa shape index (κ2) is 8.07. The van der Waals surface area contributed by atoms with Crippen molar-refractivity contribution in [3.8, 4) is 11.5 Å². The lowest BCUT2D eigenvalue weighted by Crippen LogP contribution is -2.00. The first-order valence-corrected chi connectivity index (χ1v) is 9.20. The lowest BCUT2D eigenvalue weighted by molar-refractivity contribution is -0.115. The number of hydrogen-bond donors (Lipinski definition) is 0. The molecule has 0 saturated heterocycles. The van der Waals surface area contributed by atoms with Crippen molar-refractivity contribution in [1.29, 1.82) is 0 Å². The zero-order valence-electron chi connectivity index (χ0n) is 13.8. The quantitative estimate of drug-likeness (QED) is 0.539. The molecule has 0 aromatic heterocycles. The summed E-state index contributed by atoms with van der Waals surface area (Å²) >= 11 is 9.56. The highest BCUT2D eigenvalue weighted by Gasteiger charge is 2.27. The summed E-state index contributed by atoms with van der Waals surface area (Å²) in [5.74, 6) is 1.78. The first-order chi connectivity index (χ1) is 12.1. The van der Waals surface area contributed by atoms with Crippen LogP contribution in [0.1, 0.15) is 24.0 Å². The molecule has 1 fully saturated rings. The Bertz CT molecular complexity index is 813. The van der Waals surface area contributed by atoms with Gasteiger partial charge >= 0.3 is 0 Å². The third-order valence-corrected chi connectivity index (χ3v) is 4.79. The van der Waals surface area contributed by atoms with Gasteiger partial charge in [0.2, 0.25) is 0 Å². The third-order valence-electron chi connectivity index (χ3n) is 4.00. The molecule has 3 rings (SSSR count). The van der Waals surface area contributed by atoms with Gasteiger partial charge < -0.3 is 9.47 Å². The number of hydrogen-bond acceptors (Lipinski definition) is 3. The first kappa shape index (κ1) is 18.0. The van der Waals surface area contributed by atoms with E-state index in [1.807, 2.05) is 36.4 Å². The average Bonchev–Trinajstić information content (AvgIpc) is 3.44. The van der Waals surface area contributed by atoms with Gasteiger partial charge in [0.25, 0.3) is 0 Å². The molecule has 0 heterocycles. The lowest BCUT2D eigenvalue weighted by atomic mass is 10.1. The number of allylic oxidation sites excluding steroid dienone is 1. The van der Waals surface area contributed by atoms with Crippen LogP contribution in [0.2, 0.25) is 5.02 Å². The van der Waals surface area contributed by atoms with Crippen LogP contribution in [0.15, 0.2) is 46.9 Å². The van der Waals surface area contributed by atoms with E-state index in [1.165, 1.54) is 0 Å². The number of methoxy groups -OCH3 is 1. The lowest BCUT2D eigenvalue weighted by Gasteiger charge is -2.12. The molecule has 0 aliphatic heterocycles. The van der Waals surface area contributed by atoms with E-state index in [0.29, 0.717) is 17.4 Å². The minimum Gasteiger partial charge on any atom is -0.496 e. The molecule has 0 radical (unpaired) electrons. The summed E-state index contributed by atoms with van der Waals surface area (Å²) < 4.78 is 12.1. The van der Waals surface area contributed by atoms with E-state index < -0.39 is 0 Å².